The molecule has 0 atom stereocenters. The number of carbonyl (C=O) groups excluding carboxylic acids is 2. The largest absolute Gasteiger partial charge is 0.465 e. The maximum atomic E-state index is 12.4. The maximum absolute atomic E-state index is 12.4. The molecular formula is C19H21N5O3S. The lowest BCUT2D eigenvalue weighted by Gasteiger charge is -2.13. The average Bonchev–Trinajstić information content (AvgIpc) is 3.04. The quantitative estimate of drug-likeness (QED) is 0.478. The Morgan fingerprint density at radius 1 is 1.25 bits per heavy atom. The number of rotatable bonds is 7. The molecule has 0 saturated heterocycles. The molecule has 2 heterocycles. The minimum Gasteiger partial charge on any atom is -0.465 e. The summed E-state index contributed by atoms with van der Waals surface area (Å²) in [6.07, 6.45) is 0.648. The smallest absolute Gasteiger partial charge is 0.340 e. The number of ether oxygens (including phenoxy) is 1. The monoisotopic (exact) mass is 399 g/mol. The molecule has 2 aromatic heterocycles. The summed E-state index contributed by atoms with van der Waals surface area (Å²) in [4.78, 5) is 28.0. The van der Waals surface area contributed by atoms with Gasteiger partial charge in [-0.3, -0.25) is 9.78 Å². The molecule has 146 valence electrons. The van der Waals surface area contributed by atoms with Gasteiger partial charge in [0.25, 0.3) is 0 Å². The van der Waals surface area contributed by atoms with Crippen molar-refractivity contribution in [3.63, 3.8) is 0 Å². The molecule has 2 N–H and O–H groups in total. The Morgan fingerprint density at radius 2 is 2.00 bits per heavy atom. The molecule has 0 spiro atoms. The zero-order chi connectivity index (χ0) is 20.3. The zero-order valence-corrected chi connectivity index (χ0v) is 16.7. The number of aryl methyl sites for hydroxylation is 2. The van der Waals surface area contributed by atoms with E-state index in [-0.39, 0.29) is 12.3 Å². The fraction of sp³-hybridized carbons (Fsp3) is 0.316. The third kappa shape index (κ3) is 3.99. The highest BCUT2D eigenvalue weighted by molar-refractivity contribution is 7.98. The molecule has 3 rings (SSSR count). The van der Waals surface area contributed by atoms with Gasteiger partial charge >= 0.3 is 5.97 Å². The second kappa shape index (κ2) is 8.39. The predicted molar refractivity (Wildman–Crippen MR) is 106 cm³/mol. The van der Waals surface area contributed by atoms with Crippen LogP contribution in [0.25, 0.3) is 10.9 Å². The van der Waals surface area contributed by atoms with Crippen molar-refractivity contribution in [2.45, 2.75) is 30.7 Å². The zero-order valence-electron chi connectivity index (χ0n) is 15.9. The van der Waals surface area contributed by atoms with E-state index in [1.807, 2.05) is 42.8 Å². The van der Waals surface area contributed by atoms with Crippen molar-refractivity contribution in [3.05, 3.63) is 46.9 Å². The van der Waals surface area contributed by atoms with Crippen LogP contribution in [0.5, 0.6) is 0 Å². The number of fused-ring (bicyclic) bond motifs is 1. The second-order valence-corrected chi connectivity index (χ2v) is 7.22. The van der Waals surface area contributed by atoms with Crippen molar-refractivity contribution in [2.75, 3.05) is 7.11 Å². The SMILES string of the molecule is COC(=O)c1c(CSc2nnc(CCC(N)=O)n2C)nc2ccccc2c1C. The van der Waals surface area contributed by atoms with Crippen molar-refractivity contribution in [2.24, 2.45) is 12.8 Å². The number of nitrogens with two attached hydrogens (primary N) is 1. The number of thioether (sulfide) groups is 1. The van der Waals surface area contributed by atoms with Gasteiger partial charge < -0.3 is 15.0 Å². The molecule has 9 heteroatoms. The lowest BCUT2D eigenvalue weighted by molar-refractivity contribution is -0.118. The number of para-hydroxylation sites is 1. The topological polar surface area (TPSA) is 113 Å². The van der Waals surface area contributed by atoms with Gasteiger partial charge in [-0.1, -0.05) is 30.0 Å². The average molecular weight is 399 g/mol. The Labute approximate surface area is 166 Å². The van der Waals surface area contributed by atoms with Crippen LogP contribution < -0.4 is 5.73 Å². The fourth-order valence-corrected chi connectivity index (χ4v) is 3.85. The third-order valence-corrected chi connectivity index (χ3v) is 5.51. The minimum atomic E-state index is -0.411. The highest BCUT2D eigenvalue weighted by Crippen LogP contribution is 2.28. The summed E-state index contributed by atoms with van der Waals surface area (Å²) in [7, 11) is 3.19. The van der Waals surface area contributed by atoms with Crippen LogP contribution in [0.1, 0.15) is 33.9 Å². The number of hydrogen-bond donors (Lipinski definition) is 1. The van der Waals surface area contributed by atoms with Gasteiger partial charge in [0, 0.05) is 31.0 Å². The van der Waals surface area contributed by atoms with Gasteiger partial charge in [-0.25, -0.2) is 4.79 Å². The van der Waals surface area contributed by atoms with E-state index < -0.39 is 5.97 Å². The van der Waals surface area contributed by atoms with E-state index in [1.54, 1.807) is 0 Å². The fourth-order valence-electron chi connectivity index (χ4n) is 2.97. The molecule has 1 aromatic carbocycles. The summed E-state index contributed by atoms with van der Waals surface area (Å²) < 4.78 is 6.79. The van der Waals surface area contributed by atoms with E-state index in [4.69, 9.17) is 10.5 Å². The highest BCUT2D eigenvalue weighted by Gasteiger charge is 2.20. The standard InChI is InChI=1S/C19H21N5O3S/c1-11-12-6-4-5-7-13(12)21-14(17(11)18(26)27-3)10-28-19-23-22-16(24(19)2)9-8-15(20)25/h4-7H,8-10H2,1-3H3,(H2,20,25). The van der Waals surface area contributed by atoms with Gasteiger partial charge in [0.15, 0.2) is 5.16 Å². The molecule has 0 aliphatic heterocycles. The van der Waals surface area contributed by atoms with E-state index in [2.05, 4.69) is 15.2 Å². The Bertz CT molecular complexity index is 1050. The van der Waals surface area contributed by atoms with E-state index in [1.165, 1.54) is 18.9 Å². The van der Waals surface area contributed by atoms with Gasteiger partial charge in [0.05, 0.1) is 23.9 Å². The van der Waals surface area contributed by atoms with E-state index in [0.29, 0.717) is 34.4 Å². The Balaban J connectivity index is 1.90. The van der Waals surface area contributed by atoms with Gasteiger partial charge in [0.2, 0.25) is 5.91 Å². The van der Waals surface area contributed by atoms with Crippen LogP contribution in [0.4, 0.5) is 0 Å². The van der Waals surface area contributed by atoms with Crippen LogP contribution in [0.15, 0.2) is 29.4 Å². The number of benzene rings is 1. The Kier molecular flexibility index (Phi) is 5.93. The number of esters is 1. The van der Waals surface area contributed by atoms with Crippen molar-refractivity contribution in [3.8, 4) is 0 Å². The van der Waals surface area contributed by atoms with Gasteiger partial charge in [-0.2, -0.15) is 0 Å². The van der Waals surface area contributed by atoms with Gasteiger partial charge in [0.1, 0.15) is 5.82 Å². The van der Waals surface area contributed by atoms with Crippen LogP contribution in [0, 0.1) is 6.92 Å². The number of aromatic nitrogens is 4. The molecule has 0 unspecified atom stereocenters. The summed E-state index contributed by atoms with van der Waals surface area (Å²) >= 11 is 1.42. The molecule has 0 saturated carbocycles. The van der Waals surface area contributed by atoms with Crippen LogP contribution in [0.3, 0.4) is 0 Å². The number of methoxy groups -OCH3 is 1. The molecule has 0 radical (unpaired) electrons. The van der Waals surface area contributed by atoms with Crippen molar-refractivity contribution >= 4 is 34.5 Å². The lowest BCUT2D eigenvalue weighted by Crippen LogP contribution is -2.13. The van der Waals surface area contributed by atoms with Crippen molar-refractivity contribution in [1.29, 1.82) is 0 Å². The molecule has 8 nitrogen and oxygen atoms in total. The summed E-state index contributed by atoms with van der Waals surface area (Å²) in [6.45, 7) is 1.90. The third-order valence-electron chi connectivity index (χ3n) is 4.47. The Hall–Kier alpha value is -2.94. The van der Waals surface area contributed by atoms with E-state index >= 15 is 0 Å². The van der Waals surface area contributed by atoms with Gasteiger partial charge in [-0.15, -0.1) is 10.2 Å². The van der Waals surface area contributed by atoms with E-state index in [9.17, 15) is 9.59 Å². The minimum absolute atomic E-state index is 0.217. The van der Waals surface area contributed by atoms with Crippen LogP contribution in [-0.4, -0.2) is 38.7 Å². The summed E-state index contributed by atoms with van der Waals surface area (Å²) in [5.41, 5.74) is 7.97. The van der Waals surface area contributed by atoms with Crippen molar-refractivity contribution in [1.82, 2.24) is 19.7 Å². The maximum Gasteiger partial charge on any atom is 0.340 e. The summed E-state index contributed by atoms with van der Waals surface area (Å²) in [5, 5.41) is 9.87. The van der Waals surface area contributed by atoms with E-state index in [0.717, 1.165) is 16.5 Å². The van der Waals surface area contributed by atoms with Gasteiger partial charge in [-0.05, 0) is 18.6 Å². The summed E-state index contributed by atoms with van der Waals surface area (Å²) in [5.74, 6) is 0.317. The highest BCUT2D eigenvalue weighted by atomic mass is 32.2. The first kappa shape index (κ1) is 19.8. The van der Waals surface area contributed by atoms with Crippen LogP contribution >= 0.6 is 11.8 Å². The number of nitrogens with zero attached hydrogens (tertiary/aromatic N) is 4. The molecular weight excluding hydrogens is 378 g/mol. The molecule has 0 aliphatic rings. The molecule has 0 aliphatic carbocycles. The molecule has 0 fully saturated rings. The number of primary amides is 1. The molecule has 1 amide bonds. The normalized spacial score (nSPS) is 11.0. The van der Waals surface area contributed by atoms with Crippen LogP contribution in [0.2, 0.25) is 0 Å². The predicted octanol–water partition coefficient (Wildman–Crippen LogP) is 2.17. The molecule has 3 aromatic rings. The van der Waals surface area contributed by atoms with Crippen molar-refractivity contribution < 1.29 is 14.3 Å². The second-order valence-electron chi connectivity index (χ2n) is 6.28. The Morgan fingerprint density at radius 3 is 2.71 bits per heavy atom. The van der Waals surface area contributed by atoms with Crippen LogP contribution in [-0.2, 0) is 28.8 Å². The first-order chi connectivity index (χ1) is 13.4. The summed E-state index contributed by atoms with van der Waals surface area (Å²) in [6, 6.07) is 7.69. The lowest BCUT2D eigenvalue weighted by atomic mass is 10.0. The first-order valence-corrected chi connectivity index (χ1v) is 9.66. The number of amides is 1. The number of hydrogen-bond acceptors (Lipinski definition) is 7. The molecule has 28 heavy (non-hydrogen) atoms. The first-order valence-electron chi connectivity index (χ1n) is 8.68. The molecule has 0 bridgehead atoms. The number of carbonyl (C=O) groups is 2. The number of pyridine rings is 1.